The second-order valence-electron chi connectivity index (χ2n) is 9.14. The topological polar surface area (TPSA) is 109 Å². The van der Waals surface area contributed by atoms with Crippen molar-refractivity contribution in [1.29, 1.82) is 5.26 Å². The Hall–Kier alpha value is -4.32. The molecule has 0 saturated carbocycles. The summed E-state index contributed by atoms with van der Waals surface area (Å²) in [4.78, 5) is 29.4. The molecular formula is C28H29FN4O4. The summed E-state index contributed by atoms with van der Waals surface area (Å²) in [5.41, 5.74) is 7.31. The maximum Gasteiger partial charge on any atom is 0.355 e. The number of nitriles is 1. The van der Waals surface area contributed by atoms with Crippen molar-refractivity contribution >= 4 is 23.3 Å². The Kier molecular flexibility index (Phi) is 7.48. The van der Waals surface area contributed by atoms with Crippen molar-refractivity contribution in [3.8, 4) is 6.07 Å². The minimum absolute atomic E-state index is 0.0220. The van der Waals surface area contributed by atoms with Crippen molar-refractivity contribution in [2.24, 2.45) is 11.7 Å². The lowest BCUT2D eigenvalue weighted by molar-refractivity contribution is -0.139. The molecule has 1 fully saturated rings. The number of halogens is 1. The van der Waals surface area contributed by atoms with Crippen LogP contribution in [0.1, 0.15) is 31.2 Å². The zero-order valence-corrected chi connectivity index (χ0v) is 21.0. The molecule has 0 amide bonds. The molecule has 1 saturated heterocycles. The lowest BCUT2D eigenvalue weighted by atomic mass is 9.81. The number of nitrogens with two attached hydrogens (primary N) is 1. The van der Waals surface area contributed by atoms with Crippen molar-refractivity contribution in [3.05, 3.63) is 82.6 Å². The van der Waals surface area contributed by atoms with Crippen molar-refractivity contribution < 1.29 is 23.5 Å². The molecule has 2 aliphatic rings. The van der Waals surface area contributed by atoms with Gasteiger partial charge in [-0.2, -0.15) is 5.26 Å². The maximum atomic E-state index is 15.5. The van der Waals surface area contributed by atoms with Crippen LogP contribution in [-0.4, -0.2) is 39.2 Å². The summed E-state index contributed by atoms with van der Waals surface area (Å²) < 4.78 is 25.5. The van der Waals surface area contributed by atoms with Gasteiger partial charge in [0.05, 0.1) is 48.7 Å². The van der Waals surface area contributed by atoms with E-state index in [1.54, 1.807) is 42.5 Å². The molecule has 9 heteroatoms. The fourth-order valence-corrected chi connectivity index (χ4v) is 4.92. The molecule has 2 aromatic rings. The lowest BCUT2D eigenvalue weighted by Crippen LogP contribution is -2.41. The monoisotopic (exact) mass is 504 g/mol. The molecule has 0 spiro atoms. The number of allylic oxidation sites excluding steroid dienone is 1. The molecule has 2 heterocycles. The highest BCUT2D eigenvalue weighted by molar-refractivity contribution is 6.06. The molecular weight excluding hydrogens is 475 g/mol. The van der Waals surface area contributed by atoms with Gasteiger partial charge < -0.3 is 20.1 Å². The zero-order chi connectivity index (χ0) is 26.7. The van der Waals surface area contributed by atoms with Gasteiger partial charge in [0.1, 0.15) is 17.3 Å². The van der Waals surface area contributed by atoms with E-state index in [9.17, 15) is 14.9 Å². The average Bonchev–Trinajstić information content (AvgIpc) is 2.92. The number of ether oxygens (including phenoxy) is 2. The number of hydrogen-bond donors (Lipinski definition) is 1. The number of anilines is 2. The lowest BCUT2D eigenvalue weighted by Gasteiger charge is -2.36. The van der Waals surface area contributed by atoms with Crippen LogP contribution in [-0.2, 0) is 19.1 Å². The molecule has 0 radical (unpaired) electrons. The average molecular weight is 505 g/mol. The van der Waals surface area contributed by atoms with E-state index in [0.717, 1.165) is 25.9 Å². The normalized spacial score (nSPS) is 18.5. The predicted molar refractivity (Wildman–Crippen MR) is 137 cm³/mol. The van der Waals surface area contributed by atoms with Gasteiger partial charge in [0.2, 0.25) is 0 Å². The van der Waals surface area contributed by atoms with Crippen molar-refractivity contribution in [2.75, 3.05) is 37.1 Å². The fourth-order valence-electron chi connectivity index (χ4n) is 4.92. The first-order chi connectivity index (χ1) is 17.8. The third-order valence-electron chi connectivity index (χ3n) is 6.92. The van der Waals surface area contributed by atoms with Crippen LogP contribution in [0, 0.1) is 23.1 Å². The molecule has 0 aliphatic carbocycles. The highest BCUT2D eigenvalue weighted by Gasteiger charge is 2.43. The van der Waals surface area contributed by atoms with E-state index in [2.05, 4.69) is 13.0 Å². The summed E-state index contributed by atoms with van der Waals surface area (Å²) in [6.45, 7) is 3.65. The number of esters is 2. The number of nitrogens with zero attached hydrogens (tertiary/aromatic N) is 3. The molecule has 0 aromatic heterocycles. The second-order valence-corrected chi connectivity index (χ2v) is 9.14. The molecule has 192 valence electrons. The molecule has 1 atom stereocenters. The van der Waals surface area contributed by atoms with Gasteiger partial charge in [-0.3, -0.25) is 4.90 Å². The Morgan fingerprint density at radius 2 is 1.70 bits per heavy atom. The van der Waals surface area contributed by atoms with Crippen LogP contribution in [0.3, 0.4) is 0 Å². The molecule has 8 nitrogen and oxygen atoms in total. The van der Waals surface area contributed by atoms with Gasteiger partial charge in [-0.1, -0.05) is 37.3 Å². The van der Waals surface area contributed by atoms with Crippen molar-refractivity contribution in [3.63, 3.8) is 0 Å². The van der Waals surface area contributed by atoms with E-state index in [1.165, 1.54) is 25.2 Å². The van der Waals surface area contributed by atoms with Gasteiger partial charge in [0.25, 0.3) is 0 Å². The number of piperidine rings is 1. The quantitative estimate of drug-likeness (QED) is 0.610. The van der Waals surface area contributed by atoms with Crippen LogP contribution in [0.5, 0.6) is 0 Å². The first-order valence-electron chi connectivity index (χ1n) is 12.0. The van der Waals surface area contributed by atoms with Crippen molar-refractivity contribution in [2.45, 2.75) is 25.7 Å². The van der Waals surface area contributed by atoms with Crippen molar-refractivity contribution in [1.82, 2.24) is 0 Å². The van der Waals surface area contributed by atoms with Crippen LogP contribution in [0.4, 0.5) is 15.8 Å². The van der Waals surface area contributed by atoms with Gasteiger partial charge in [-0.15, -0.1) is 0 Å². The Balaban J connectivity index is 1.91. The number of benzene rings is 2. The number of methoxy groups -OCH3 is 2. The Morgan fingerprint density at radius 1 is 1.05 bits per heavy atom. The second kappa shape index (κ2) is 10.7. The number of carbonyl (C=O) groups excluding carboxylic acids is 2. The Morgan fingerprint density at radius 3 is 2.27 bits per heavy atom. The summed E-state index contributed by atoms with van der Waals surface area (Å²) in [6.07, 6.45) is 1.93. The zero-order valence-electron chi connectivity index (χ0n) is 21.0. The van der Waals surface area contributed by atoms with Gasteiger partial charge in [0.15, 0.2) is 0 Å². The van der Waals surface area contributed by atoms with Crippen LogP contribution < -0.4 is 15.5 Å². The first-order valence-corrected chi connectivity index (χ1v) is 12.0. The minimum Gasteiger partial charge on any atom is -0.466 e. The largest absolute Gasteiger partial charge is 0.466 e. The minimum atomic E-state index is -0.983. The molecule has 2 aromatic carbocycles. The molecule has 1 unspecified atom stereocenters. The van der Waals surface area contributed by atoms with Crippen LogP contribution in [0.25, 0.3) is 0 Å². The standard InChI is InChI=1S/C28H29FN4O4/c1-17-11-13-32(14-12-17)22-10-9-19(15-21(22)29)33-25(28(35)37-3)24(27(34)36-2)23(20(16-30)26(33)31)18-7-5-4-6-8-18/h4-10,15,17,23H,11-14,31H2,1-3H3. The summed E-state index contributed by atoms with van der Waals surface area (Å²) in [7, 11) is 2.35. The van der Waals surface area contributed by atoms with E-state index in [1.807, 2.05) is 4.90 Å². The van der Waals surface area contributed by atoms with Crippen LogP contribution >= 0.6 is 0 Å². The summed E-state index contributed by atoms with van der Waals surface area (Å²) in [5, 5.41) is 10.1. The molecule has 4 rings (SSSR count). The van der Waals surface area contributed by atoms with E-state index < -0.39 is 23.7 Å². The predicted octanol–water partition coefficient (Wildman–Crippen LogP) is 3.96. The molecule has 37 heavy (non-hydrogen) atoms. The summed E-state index contributed by atoms with van der Waals surface area (Å²) >= 11 is 0. The number of carbonyl (C=O) groups is 2. The molecule has 0 bridgehead atoms. The van der Waals surface area contributed by atoms with Crippen LogP contribution in [0.15, 0.2) is 71.2 Å². The smallest absolute Gasteiger partial charge is 0.355 e. The number of rotatable bonds is 5. The third kappa shape index (κ3) is 4.75. The maximum absolute atomic E-state index is 15.5. The van der Waals surface area contributed by atoms with Gasteiger partial charge in [-0.25, -0.2) is 14.0 Å². The van der Waals surface area contributed by atoms with E-state index in [4.69, 9.17) is 15.2 Å². The fraction of sp³-hybridized carbons (Fsp3) is 0.321. The van der Waals surface area contributed by atoms with Crippen LogP contribution in [0.2, 0.25) is 0 Å². The highest BCUT2D eigenvalue weighted by atomic mass is 19.1. The summed E-state index contributed by atoms with van der Waals surface area (Å²) in [6, 6.07) is 15.3. The van der Waals surface area contributed by atoms with Gasteiger partial charge >= 0.3 is 11.9 Å². The molecule has 2 aliphatic heterocycles. The highest BCUT2D eigenvalue weighted by Crippen LogP contribution is 2.43. The first kappa shape index (κ1) is 25.8. The number of hydrogen-bond acceptors (Lipinski definition) is 8. The Bertz CT molecular complexity index is 1310. The summed E-state index contributed by atoms with van der Waals surface area (Å²) in [5.74, 6) is -2.72. The molecule has 2 N–H and O–H groups in total. The van der Waals surface area contributed by atoms with Gasteiger partial charge in [0, 0.05) is 19.2 Å². The van der Waals surface area contributed by atoms with E-state index in [-0.39, 0.29) is 28.4 Å². The van der Waals surface area contributed by atoms with Gasteiger partial charge in [-0.05, 0) is 36.5 Å². The van der Waals surface area contributed by atoms with E-state index in [0.29, 0.717) is 17.2 Å². The third-order valence-corrected chi connectivity index (χ3v) is 6.92. The van der Waals surface area contributed by atoms with E-state index >= 15 is 4.39 Å². The Labute approximate surface area is 215 Å². The SMILES string of the molecule is COC(=O)C1=C(C(=O)OC)N(c2ccc(N3CCC(C)CC3)c(F)c2)C(N)=C(C#N)C1c1ccccc1.